The molecule has 1 aromatic heterocycles. The van der Waals surface area contributed by atoms with Gasteiger partial charge < -0.3 is 9.42 Å². The second-order valence-electron chi connectivity index (χ2n) is 8.06. The third kappa shape index (κ3) is 4.51. The van der Waals surface area contributed by atoms with Crippen LogP contribution in [0, 0.1) is 0 Å². The highest BCUT2D eigenvalue weighted by Gasteiger charge is 2.24. The average molecular weight is 357 g/mol. The van der Waals surface area contributed by atoms with E-state index in [0.717, 1.165) is 5.56 Å². The van der Waals surface area contributed by atoms with E-state index in [0.29, 0.717) is 36.3 Å². The zero-order chi connectivity index (χ0) is 18.7. The summed E-state index contributed by atoms with van der Waals surface area (Å²) in [5, 5.41) is 4.17. The Morgan fingerprint density at radius 1 is 1.12 bits per heavy atom. The highest BCUT2D eigenvalue weighted by atomic mass is 16.5. The molecule has 0 unspecified atom stereocenters. The van der Waals surface area contributed by atoms with Crippen LogP contribution in [0.1, 0.15) is 57.9 Å². The van der Waals surface area contributed by atoms with Crippen LogP contribution in [0.2, 0.25) is 0 Å². The van der Waals surface area contributed by atoms with Crippen molar-refractivity contribution in [3.63, 3.8) is 0 Å². The van der Waals surface area contributed by atoms with Crippen molar-refractivity contribution in [1.82, 2.24) is 19.9 Å². The van der Waals surface area contributed by atoms with Crippen molar-refractivity contribution in [3.8, 4) is 11.4 Å². The molecule has 0 saturated carbocycles. The first kappa shape index (κ1) is 19.1. The minimum Gasteiger partial charge on any atom is -0.338 e. The van der Waals surface area contributed by atoms with Gasteiger partial charge in [0.15, 0.2) is 0 Å². The van der Waals surface area contributed by atoms with E-state index < -0.39 is 0 Å². The van der Waals surface area contributed by atoms with E-state index in [1.807, 2.05) is 0 Å². The lowest BCUT2D eigenvalue weighted by atomic mass is 10.0. The van der Waals surface area contributed by atoms with Crippen molar-refractivity contribution >= 4 is 0 Å². The van der Waals surface area contributed by atoms with Gasteiger partial charge in [-0.3, -0.25) is 4.90 Å². The topological polar surface area (TPSA) is 45.4 Å². The van der Waals surface area contributed by atoms with E-state index in [9.17, 15) is 0 Å². The molecule has 142 valence electrons. The quantitative estimate of drug-likeness (QED) is 0.777. The standard InChI is InChI=1S/C21H32N4O/c1-15(2)17-6-8-18(9-7-17)21-22-20(26-23-21)14-24(5)19-10-12-25(13-11-19)16(3)4/h6-9,15-16,19H,10-14H2,1-5H3. The van der Waals surface area contributed by atoms with Gasteiger partial charge in [0, 0.05) is 17.6 Å². The smallest absolute Gasteiger partial charge is 0.241 e. The summed E-state index contributed by atoms with van der Waals surface area (Å²) >= 11 is 0. The number of hydrogen-bond acceptors (Lipinski definition) is 5. The molecule has 0 spiro atoms. The number of aromatic nitrogens is 2. The molecule has 1 saturated heterocycles. The normalized spacial score (nSPS) is 16.9. The Kier molecular flexibility index (Phi) is 6.09. The number of likely N-dealkylation sites (tertiary alicyclic amines) is 1. The summed E-state index contributed by atoms with van der Waals surface area (Å²) in [4.78, 5) is 9.51. The fourth-order valence-electron chi connectivity index (χ4n) is 3.64. The summed E-state index contributed by atoms with van der Waals surface area (Å²) in [5.41, 5.74) is 2.34. The summed E-state index contributed by atoms with van der Waals surface area (Å²) in [5.74, 6) is 1.90. The van der Waals surface area contributed by atoms with Gasteiger partial charge in [0.05, 0.1) is 6.54 Å². The summed E-state index contributed by atoms with van der Waals surface area (Å²) in [7, 11) is 2.16. The predicted molar refractivity (Wildman–Crippen MR) is 105 cm³/mol. The number of benzene rings is 1. The molecule has 0 aliphatic carbocycles. The Morgan fingerprint density at radius 3 is 2.35 bits per heavy atom. The van der Waals surface area contributed by atoms with E-state index in [1.165, 1.54) is 31.5 Å². The summed E-state index contributed by atoms with van der Waals surface area (Å²) < 4.78 is 5.50. The molecule has 3 rings (SSSR count). The van der Waals surface area contributed by atoms with Gasteiger partial charge in [0.1, 0.15) is 0 Å². The molecule has 1 aliphatic rings. The maximum absolute atomic E-state index is 5.50. The Morgan fingerprint density at radius 2 is 1.77 bits per heavy atom. The van der Waals surface area contributed by atoms with Gasteiger partial charge in [-0.2, -0.15) is 4.98 Å². The largest absolute Gasteiger partial charge is 0.338 e. The van der Waals surface area contributed by atoms with Crippen LogP contribution < -0.4 is 0 Å². The lowest BCUT2D eigenvalue weighted by molar-refractivity contribution is 0.0975. The molecule has 1 aliphatic heterocycles. The molecular formula is C21H32N4O. The van der Waals surface area contributed by atoms with E-state index >= 15 is 0 Å². The van der Waals surface area contributed by atoms with Crippen LogP contribution in [0.3, 0.4) is 0 Å². The van der Waals surface area contributed by atoms with Crippen LogP contribution in [0.15, 0.2) is 28.8 Å². The molecule has 0 N–H and O–H groups in total. The average Bonchev–Trinajstić information content (AvgIpc) is 3.10. The maximum Gasteiger partial charge on any atom is 0.241 e. The van der Waals surface area contributed by atoms with Crippen molar-refractivity contribution in [3.05, 3.63) is 35.7 Å². The highest BCUT2D eigenvalue weighted by Crippen LogP contribution is 2.22. The number of rotatable bonds is 6. The third-order valence-corrected chi connectivity index (χ3v) is 5.54. The Hall–Kier alpha value is -1.72. The third-order valence-electron chi connectivity index (χ3n) is 5.54. The summed E-state index contributed by atoms with van der Waals surface area (Å²) in [6, 6.07) is 9.67. The number of nitrogens with zero attached hydrogens (tertiary/aromatic N) is 4. The molecule has 0 radical (unpaired) electrons. The maximum atomic E-state index is 5.50. The first-order valence-electron chi connectivity index (χ1n) is 9.81. The van der Waals surface area contributed by atoms with Crippen LogP contribution in [-0.2, 0) is 6.54 Å². The van der Waals surface area contributed by atoms with Gasteiger partial charge in [-0.15, -0.1) is 0 Å². The molecule has 2 aromatic rings. The molecule has 1 fully saturated rings. The van der Waals surface area contributed by atoms with Crippen molar-refractivity contribution in [2.45, 2.75) is 65.1 Å². The monoisotopic (exact) mass is 356 g/mol. The van der Waals surface area contributed by atoms with Gasteiger partial charge in [-0.1, -0.05) is 43.3 Å². The molecule has 0 atom stereocenters. The second-order valence-corrected chi connectivity index (χ2v) is 8.06. The molecule has 26 heavy (non-hydrogen) atoms. The van der Waals surface area contributed by atoms with Crippen molar-refractivity contribution in [2.24, 2.45) is 0 Å². The van der Waals surface area contributed by atoms with Crippen LogP contribution in [0.4, 0.5) is 0 Å². The number of hydrogen-bond donors (Lipinski definition) is 0. The fourth-order valence-corrected chi connectivity index (χ4v) is 3.64. The van der Waals surface area contributed by atoms with Gasteiger partial charge in [-0.05, 0) is 58.3 Å². The van der Waals surface area contributed by atoms with E-state index in [2.05, 4.69) is 78.9 Å². The SMILES string of the molecule is CC(C)c1ccc(-c2noc(CN(C)C3CCN(C(C)C)CC3)n2)cc1. The molecular weight excluding hydrogens is 324 g/mol. The van der Waals surface area contributed by atoms with Crippen LogP contribution in [0.5, 0.6) is 0 Å². The van der Waals surface area contributed by atoms with Gasteiger partial charge in [0.2, 0.25) is 11.7 Å². The molecule has 5 nitrogen and oxygen atoms in total. The van der Waals surface area contributed by atoms with Crippen molar-refractivity contribution in [1.29, 1.82) is 0 Å². The van der Waals surface area contributed by atoms with Gasteiger partial charge in [0.25, 0.3) is 0 Å². The summed E-state index contributed by atoms with van der Waals surface area (Å²) in [6.07, 6.45) is 2.40. The molecule has 2 heterocycles. The lowest BCUT2D eigenvalue weighted by Gasteiger charge is -2.38. The lowest BCUT2D eigenvalue weighted by Crippen LogP contribution is -2.45. The highest BCUT2D eigenvalue weighted by molar-refractivity contribution is 5.54. The van der Waals surface area contributed by atoms with E-state index in [4.69, 9.17) is 4.52 Å². The zero-order valence-electron chi connectivity index (χ0n) is 16.8. The van der Waals surface area contributed by atoms with Crippen LogP contribution in [-0.4, -0.2) is 52.2 Å². The van der Waals surface area contributed by atoms with Crippen LogP contribution in [0.25, 0.3) is 11.4 Å². The van der Waals surface area contributed by atoms with Gasteiger partial charge >= 0.3 is 0 Å². The zero-order valence-corrected chi connectivity index (χ0v) is 16.8. The fraction of sp³-hybridized carbons (Fsp3) is 0.619. The van der Waals surface area contributed by atoms with E-state index in [1.54, 1.807) is 0 Å². The first-order valence-corrected chi connectivity index (χ1v) is 9.81. The Bertz CT molecular complexity index is 684. The molecule has 0 amide bonds. The molecule has 1 aromatic carbocycles. The minimum absolute atomic E-state index is 0.528. The Labute approximate surface area is 157 Å². The van der Waals surface area contributed by atoms with Crippen molar-refractivity contribution in [2.75, 3.05) is 20.1 Å². The van der Waals surface area contributed by atoms with Crippen molar-refractivity contribution < 1.29 is 4.52 Å². The molecule has 0 bridgehead atoms. The predicted octanol–water partition coefficient (Wildman–Crippen LogP) is 4.16. The Balaban J connectivity index is 1.58. The van der Waals surface area contributed by atoms with Crippen LogP contribution >= 0.6 is 0 Å². The minimum atomic E-state index is 0.528. The second kappa shape index (κ2) is 8.31. The first-order chi connectivity index (χ1) is 12.4. The molecule has 5 heteroatoms. The van der Waals surface area contributed by atoms with Gasteiger partial charge in [-0.25, -0.2) is 0 Å². The van der Waals surface area contributed by atoms with E-state index in [-0.39, 0.29) is 0 Å². The summed E-state index contributed by atoms with van der Waals surface area (Å²) in [6.45, 7) is 12.0. The number of piperidine rings is 1.